The smallest absolute Gasteiger partial charge is 0.328 e. The highest BCUT2D eigenvalue weighted by atomic mass is 35.5. The van der Waals surface area contributed by atoms with Crippen LogP contribution < -0.4 is 5.32 Å². The Kier molecular flexibility index (Phi) is 5.12. The summed E-state index contributed by atoms with van der Waals surface area (Å²) in [6.45, 7) is 1.66. The Bertz CT molecular complexity index is 461. The Labute approximate surface area is 110 Å². The van der Waals surface area contributed by atoms with E-state index in [1.165, 1.54) is 13.2 Å². The first kappa shape index (κ1) is 14.5. The second-order valence-electron chi connectivity index (χ2n) is 3.76. The van der Waals surface area contributed by atoms with Crippen molar-refractivity contribution in [1.82, 2.24) is 5.32 Å². The lowest BCUT2D eigenvalue weighted by molar-refractivity contribution is -0.140. The number of carboxylic acids is 1. The van der Waals surface area contributed by atoms with Crippen LogP contribution in [0.4, 0.5) is 0 Å². The van der Waals surface area contributed by atoms with Gasteiger partial charge in [0.2, 0.25) is 0 Å². The van der Waals surface area contributed by atoms with Gasteiger partial charge in [-0.05, 0) is 18.6 Å². The zero-order valence-corrected chi connectivity index (χ0v) is 10.8. The Morgan fingerprint density at radius 1 is 1.50 bits per heavy atom. The van der Waals surface area contributed by atoms with E-state index >= 15 is 0 Å². The molecule has 0 radical (unpaired) electrons. The standard InChI is InChI=1S/C12H14ClNO4/c1-7-4-3-5-8(10(7)13)11(15)14-9(6-18-2)12(16)17/h3-5,9H,6H2,1-2H3,(H,14,15)(H,16,17). The van der Waals surface area contributed by atoms with Gasteiger partial charge in [-0.3, -0.25) is 4.79 Å². The minimum atomic E-state index is -1.16. The number of halogens is 1. The first-order valence-corrected chi connectivity index (χ1v) is 5.63. The normalized spacial score (nSPS) is 11.9. The molecular weight excluding hydrogens is 258 g/mol. The van der Waals surface area contributed by atoms with Crippen molar-refractivity contribution in [3.8, 4) is 0 Å². The molecule has 5 nitrogen and oxygen atoms in total. The zero-order valence-electron chi connectivity index (χ0n) is 10.1. The average molecular weight is 272 g/mol. The van der Waals surface area contributed by atoms with Gasteiger partial charge in [0.15, 0.2) is 6.04 Å². The van der Waals surface area contributed by atoms with Gasteiger partial charge in [0.1, 0.15) is 0 Å². The third-order valence-corrected chi connectivity index (χ3v) is 2.87. The van der Waals surface area contributed by atoms with Crippen LogP contribution in [0.25, 0.3) is 0 Å². The summed E-state index contributed by atoms with van der Waals surface area (Å²) in [5, 5.41) is 11.6. The summed E-state index contributed by atoms with van der Waals surface area (Å²) in [7, 11) is 1.36. The van der Waals surface area contributed by atoms with Crippen LogP contribution >= 0.6 is 11.6 Å². The number of methoxy groups -OCH3 is 1. The minimum Gasteiger partial charge on any atom is -0.480 e. The molecule has 0 aliphatic rings. The molecule has 0 saturated carbocycles. The van der Waals surface area contributed by atoms with E-state index in [1.807, 2.05) is 0 Å². The topological polar surface area (TPSA) is 75.6 Å². The second kappa shape index (κ2) is 6.37. The molecule has 1 amide bonds. The molecule has 0 aromatic heterocycles. The van der Waals surface area contributed by atoms with Crippen LogP contribution in [0.2, 0.25) is 5.02 Å². The number of benzene rings is 1. The number of aliphatic carboxylic acids is 1. The van der Waals surface area contributed by atoms with Gasteiger partial charge in [0, 0.05) is 7.11 Å². The highest BCUT2D eigenvalue weighted by Gasteiger charge is 2.21. The number of carboxylic acid groups (broad SMARTS) is 1. The summed E-state index contributed by atoms with van der Waals surface area (Å²) < 4.78 is 4.73. The van der Waals surface area contributed by atoms with Crippen LogP contribution in [-0.2, 0) is 9.53 Å². The Morgan fingerprint density at radius 3 is 2.72 bits per heavy atom. The molecule has 0 spiro atoms. The fraction of sp³-hybridized carbons (Fsp3) is 0.333. The van der Waals surface area contributed by atoms with E-state index in [4.69, 9.17) is 21.4 Å². The maximum Gasteiger partial charge on any atom is 0.328 e. The predicted molar refractivity (Wildman–Crippen MR) is 67.0 cm³/mol. The fourth-order valence-corrected chi connectivity index (χ4v) is 1.61. The van der Waals surface area contributed by atoms with E-state index in [-0.39, 0.29) is 12.2 Å². The molecule has 0 aliphatic carbocycles. The molecule has 1 unspecified atom stereocenters. The summed E-state index contributed by atoms with van der Waals surface area (Å²) in [6, 6.07) is 3.89. The summed E-state index contributed by atoms with van der Waals surface area (Å²) in [5.74, 6) is -1.69. The van der Waals surface area contributed by atoms with E-state index in [1.54, 1.807) is 19.1 Å². The number of carbonyl (C=O) groups excluding carboxylic acids is 1. The molecule has 1 aromatic rings. The Morgan fingerprint density at radius 2 is 2.17 bits per heavy atom. The van der Waals surface area contributed by atoms with Crippen molar-refractivity contribution in [2.24, 2.45) is 0 Å². The number of amides is 1. The van der Waals surface area contributed by atoms with Gasteiger partial charge in [0.05, 0.1) is 17.2 Å². The fourth-order valence-electron chi connectivity index (χ4n) is 1.40. The van der Waals surface area contributed by atoms with Gasteiger partial charge in [-0.25, -0.2) is 4.79 Å². The van der Waals surface area contributed by atoms with Gasteiger partial charge in [0.25, 0.3) is 5.91 Å². The molecule has 18 heavy (non-hydrogen) atoms. The maximum atomic E-state index is 11.9. The molecule has 0 bridgehead atoms. The quantitative estimate of drug-likeness (QED) is 0.850. The number of hydrogen-bond acceptors (Lipinski definition) is 3. The van der Waals surface area contributed by atoms with Crippen LogP contribution in [-0.4, -0.2) is 36.7 Å². The average Bonchev–Trinajstić information content (AvgIpc) is 2.31. The van der Waals surface area contributed by atoms with Crippen LogP contribution in [0.15, 0.2) is 18.2 Å². The van der Waals surface area contributed by atoms with Crippen LogP contribution in [0.1, 0.15) is 15.9 Å². The van der Waals surface area contributed by atoms with Crippen molar-refractivity contribution >= 4 is 23.5 Å². The molecule has 0 heterocycles. The number of hydrogen-bond donors (Lipinski definition) is 2. The highest BCUT2D eigenvalue weighted by molar-refractivity contribution is 6.34. The van der Waals surface area contributed by atoms with Crippen molar-refractivity contribution in [3.05, 3.63) is 34.3 Å². The van der Waals surface area contributed by atoms with Gasteiger partial charge < -0.3 is 15.2 Å². The summed E-state index contributed by atoms with van der Waals surface area (Å²) in [6.07, 6.45) is 0. The van der Waals surface area contributed by atoms with Crippen LogP contribution in [0.3, 0.4) is 0 Å². The van der Waals surface area contributed by atoms with Crippen molar-refractivity contribution in [2.45, 2.75) is 13.0 Å². The second-order valence-corrected chi connectivity index (χ2v) is 4.13. The monoisotopic (exact) mass is 271 g/mol. The van der Waals surface area contributed by atoms with E-state index < -0.39 is 17.9 Å². The van der Waals surface area contributed by atoms with Gasteiger partial charge >= 0.3 is 5.97 Å². The molecule has 0 aliphatic heterocycles. The Balaban J connectivity index is 2.87. The van der Waals surface area contributed by atoms with E-state index in [9.17, 15) is 9.59 Å². The van der Waals surface area contributed by atoms with Gasteiger partial charge in [-0.15, -0.1) is 0 Å². The predicted octanol–water partition coefficient (Wildman–Crippen LogP) is 1.48. The molecule has 0 saturated heterocycles. The third kappa shape index (κ3) is 3.45. The first-order chi connectivity index (χ1) is 8.47. The van der Waals surface area contributed by atoms with E-state index in [2.05, 4.69) is 5.32 Å². The zero-order chi connectivity index (χ0) is 13.7. The number of ether oxygens (including phenoxy) is 1. The molecule has 2 N–H and O–H groups in total. The van der Waals surface area contributed by atoms with E-state index in [0.717, 1.165) is 5.56 Å². The first-order valence-electron chi connectivity index (χ1n) is 5.25. The number of nitrogens with one attached hydrogen (secondary N) is 1. The van der Waals surface area contributed by atoms with Gasteiger partial charge in [-0.2, -0.15) is 0 Å². The molecule has 98 valence electrons. The number of carbonyl (C=O) groups is 2. The van der Waals surface area contributed by atoms with Crippen LogP contribution in [0, 0.1) is 6.92 Å². The Hall–Kier alpha value is -1.59. The number of rotatable bonds is 5. The lowest BCUT2D eigenvalue weighted by Crippen LogP contribution is -2.43. The molecule has 1 aromatic carbocycles. The van der Waals surface area contributed by atoms with Crippen molar-refractivity contribution < 1.29 is 19.4 Å². The summed E-state index contributed by atoms with van der Waals surface area (Å²) >= 11 is 5.99. The SMILES string of the molecule is COCC(NC(=O)c1cccc(C)c1Cl)C(=O)O. The summed E-state index contributed by atoms with van der Waals surface area (Å²) in [5.41, 5.74) is 1.00. The number of aryl methyl sites for hydroxylation is 1. The lowest BCUT2D eigenvalue weighted by atomic mass is 10.1. The third-order valence-electron chi connectivity index (χ3n) is 2.37. The lowest BCUT2D eigenvalue weighted by Gasteiger charge is -2.14. The maximum absolute atomic E-state index is 11.9. The van der Waals surface area contributed by atoms with Crippen molar-refractivity contribution in [2.75, 3.05) is 13.7 Å². The summed E-state index contributed by atoms with van der Waals surface area (Å²) in [4.78, 5) is 22.8. The highest BCUT2D eigenvalue weighted by Crippen LogP contribution is 2.20. The van der Waals surface area contributed by atoms with E-state index in [0.29, 0.717) is 5.02 Å². The largest absolute Gasteiger partial charge is 0.480 e. The van der Waals surface area contributed by atoms with Crippen LogP contribution in [0.5, 0.6) is 0 Å². The molecule has 1 atom stereocenters. The molecule has 0 fully saturated rings. The van der Waals surface area contributed by atoms with Gasteiger partial charge in [-0.1, -0.05) is 23.7 Å². The minimum absolute atomic E-state index is 0.107. The molecule has 1 rings (SSSR count). The van der Waals surface area contributed by atoms with Crippen molar-refractivity contribution in [3.63, 3.8) is 0 Å². The molecule has 6 heteroatoms. The molecular formula is C12H14ClNO4. The van der Waals surface area contributed by atoms with Crippen molar-refractivity contribution in [1.29, 1.82) is 0 Å².